The molecule has 148 valence electrons. The molecule has 0 amide bonds. The van der Waals surface area contributed by atoms with Gasteiger partial charge in [0.05, 0.1) is 5.56 Å². The van der Waals surface area contributed by atoms with Gasteiger partial charge in [-0.1, -0.05) is 12.1 Å². The van der Waals surface area contributed by atoms with E-state index in [1.54, 1.807) is 30.7 Å². The Balaban J connectivity index is 0.00000160. The first-order valence-corrected chi connectivity index (χ1v) is 9.36. The summed E-state index contributed by atoms with van der Waals surface area (Å²) in [6.45, 7) is 3.69. The van der Waals surface area contributed by atoms with Crippen LogP contribution in [0.25, 0.3) is 11.1 Å². The molecule has 3 N–H and O–H groups in total. The molecule has 0 atom stereocenters. The van der Waals surface area contributed by atoms with Gasteiger partial charge in [0.25, 0.3) is 0 Å². The highest BCUT2D eigenvalue weighted by atomic mass is 16.1. The number of nitrogen functional groups attached to an aromatic ring is 1. The smallest absolute Gasteiger partial charge is 0.215 e. The first-order chi connectivity index (χ1) is 13.7. The molecule has 7 heteroatoms. The van der Waals surface area contributed by atoms with Gasteiger partial charge in [-0.15, -0.1) is 0 Å². The first kappa shape index (κ1) is 18.1. The molecule has 1 fully saturated rings. The van der Waals surface area contributed by atoms with E-state index >= 15 is 0 Å². The van der Waals surface area contributed by atoms with Crippen LogP contribution >= 0.6 is 0 Å². The van der Waals surface area contributed by atoms with E-state index in [2.05, 4.69) is 25.2 Å². The quantitative estimate of drug-likeness (QED) is 0.672. The van der Waals surface area contributed by atoms with Gasteiger partial charge in [0, 0.05) is 53.6 Å². The van der Waals surface area contributed by atoms with Crippen LogP contribution in [0.15, 0.2) is 55.0 Å². The van der Waals surface area contributed by atoms with Crippen molar-refractivity contribution in [2.24, 2.45) is 0 Å². The molecule has 28 heavy (non-hydrogen) atoms. The summed E-state index contributed by atoms with van der Waals surface area (Å²) in [6, 6.07) is 11.0. The third-order valence-electron chi connectivity index (χ3n) is 4.79. The van der Waals surface area contributed by atoms with Gasteiger partial charge < -0.3 is 16.0 Å². The summed E-state index contributed by atoms with van der Waals surface area (Å²) in [5.74, 6) is 0.777. The molecule has 0 radical (unpaired) electrons. The standard InChI is InChI=1S/C21H22N6O.3H2/c22-21-17(12-16(14-25-21)15-4-2-7-24-13-15)20(28)18-5-1-6-19(26-18)27-10-3-8-23-9-11-27;;;/h1-2,4-7,12-14,23H,3,8-11H2,(H2,22,25);3*1H. The van der Waals surface area contributed by atoms with E-state index in [1.165, 1.54) is 0 Å². The zero-order valence-corrected chi connectivity index (χ0v) is 15.5. The Morgan fingerprint density at radius 3 is 2.89 bits per heavy atom. The molecule has 0 bridgehead atoms. The third kappa shape index (κ3) is 3.84. The van der Waals surface area contributed by atoms with Crippen molar-refractivity contribution in [2.75, 3.05) is 36.8 Å². The number of nitrogens with one attached hydrogen (secondary N) is 1. The molecule has 1 aliphatic heterocycles. The lowest BCUT2D eigenvalue weighted by atomic mass is 10.0. The molecule has 0 aromatic carbocycles. The highest BCUT2D eigenvalue weighted by molar-refractivity contribution is 6.11. The van der Waals surface area contributed by atoms with Gasteiger partial charge in [-0.05, 0) is 37.2 Å². The minimum atomic E-state index is -0.231. The van der Waals surface area contributed by atoms with Gasteiger partial charge in [0.1, 0.15) is 17.3 Å². The van der Waals surface area contributed by atoms with Crippen LogP contribution in [0.2, 0.25) is 0 Å². The SMILES string of the molecule is Nc1ncc(-c2cccnc2)cc1C(=O)c1cccc(N2CCCNCC2)n1.[HH].[HH].[HH]. The minimum Gasteiger partial charge on any atom is -0.383 e. The number of carbonyl (C=O) groups is 1. The Morgan fingerprint density at radius 2 is 2.04 bits per heavy atom. The van der Waals surface area contributed by atoms with Crippen LogP contribution in [0.1, 0.15) is 26.8 Å². The van der Waals surface area contributed by atoms with Crippen LogP contribution in [-0.2, 0) is 0 Å². The van der Waals surface area contributed by atoms with Crippen molar-refractivity contribution in [3.8, 4) is 11.1 Å². The summed E-state index contributed by atoms with van der Waals surface area (Å²) in [5.41, 5.74) is 8.40. The molecule has 0 aliphatic carbocycles. The molecule has 7 nitrogen and oxygen atoms in total. The molecular formula is C21H28N6O. The van der Waals surface area contributed by atoms with E-state index in [0.29, 0.717) is 11.3 Å². The molecule has 0 saturated carbocycles. The second-order valence-electron chi connectivity index (χ2n) is 6.70. The maximum absolute atomic E-state index is 13.1. The van der Waals surface area contributed by atoms with E-state index in [0.717, 1.165) is 49.5 Å². The van der Waals surface area contributed by atoms with Crippen molar-refractivity contribution in [3.05, 3.63) is 66.2 Å². The van der Waals surface area contributed by atoms with Crippen molar-refractivity contribution in [1.29, 1.82) is 0 Å². The van der Waals surface area contributed by atoms with Crippen molar-refractivity contribution in [2.45, 2.75) is 6.42 Å². The van der Waals surface area contributed by atoms with Crippen molar-refractivity contribution in [1.82, 2.24) is 20.3 Å². The fourth-order valence-corrected chi connectivity index (χ4v) is 3.29. The molecule has 3 aromatic rings. The number of rotatable bonds is 4. The van der Waals surface area contributed by atoms with Crippen LogP contribution in [0, 0.1) is 0 Å². The first-order valence-electron chi connectivity index (χ1n) is 9.36. The molecule has 1 aliphatic rings. The maximum Gasteiger partial charge on any atom is 0.215 e. The van der Waals surface area contributed by atoms with Crippen LogP contribution in [0.3, 0.4) is 0 Å². The van der Waals surface area contributed by atoms with Crippen molar-refractivity contribution >= 4 is 17.4 Å². The average Bonchev–Trinajstić information content (AvgIpc) is 3.04. The van der Waals surface area contributed by atoms with Gasteiger partial charge in [-0.3, -0.25) is 9.78 Å². The zero-order chi connectivity index (χ0) is 19.3. The molecule has 4 rings (SSSR count). The lowest BCUT2D eigenvalue weighted by Gasteiger charge is -2.21. The Morgan fingerprint density at radius 1 is 1.11 bits per heavy atom. The fraction of sp³-hybridized carbons (Fsp3) is 0.238. The average molecular weight is 380 g/mol. The predicted octanol–water partition coefficient (Wildman–Crippen LogP) is 2.89. The van der Waals surface area contributed by atoms with Gasteiger partial charge >= 0.3 is 0 Å². The van der Waals surface area contributed by atoms with E-state index in [-0.39, 0.29) is 15.9 Å². The van der Waals surface area contributed by atoms with Crippen molar-refractivity contribution in [3.63, 3.8) is 0 Å². The normalized spacial score (nSPS) is 14.5. The Bertz CT molecular complexity index is 982. The Hall–Kier alpha value is -3.32. The van der Waals surface area contributed by atoms with Crippen LogP contribution in [0.5, 0.6) is 0 Å². The summed E-state index contributed by atoms with van der Waals surface area (Å²) in [5, 5.41) is 3.37. The van der Waals surface area contributed by atoms with Gasteiger partial charge in [-0.25, -0.2) is 9.97 Å². The topological polar surface area (TPSA) is 97.0 Å². The zero-order valence-electron chi connectivity index (χ0n) is 15.5. The van der Waals surface area contributed by atoms with Crippen LogP contribution in [0.4, 0.5) is 11.6 Å². The molecular weight excluding hydrogens is 352 g/mol. The van der Waals surface area contributed by atoms with Crippen LogP contribution in [-0.4, -0.2) is 46.9 Å². The predicted molar refractivity (Wildman–Crippen MR) is 116 cm³/mol. The summed E-state index contributed by atoms with van der Waals surface area (Å²) in [7, 11) is 0. The lowest BCUT2D eigenvalue weighted by molar-refractivity contribution is 0.103. The number of hydrogen-bond acceptors (Lipinski definition) is 7. The number of ketones is 1. The second kappa shape index (κ2) is 8.14. The summed E-state index contributed by atoms with van der Waals surface area (Å²) >= 11 is 0. The largest absolute Gasteiger partial charge is 0.383 e. The lowest BCUT2D eigenvalue weighted by Crippen LogP contribution is -2.29. The number of anilines is 2. The Kier molecular flexibility index (Phi) is 5.25. The molecule has 3 aromatic heterocycles. The van der Waals surface area contributed by atoms with Gasteiger partial charge in [-0.2, -0.15) is 0 Å². The van der Waals surface area contributed by atoms with E-state index in [1.807, 2.05) is 24.3 Å². The van der Waals surface area contributed by atoms with Crippen molar-refractivity contribution < 1.29 is 9.07 Å². The Labute approximate surface area is 168 Å². The minimum absolute atomic E-state index is 0. The fourth-order valence-electron chi connectivity index (χ4n) is 3.29. The van der Waals surface area contributed by atoms with E-state index < -0.39 is 0 Å². The molecule has 4 heterocycles. The molecule has 1 saturated heterocycles. The highest BCUT2D eigenvalue weighted by Gasteiger charge is 2.18. The third-order valence-corrected chi connectivity index (χ3v) is 4.79. The number of nitrogens with zero attached hydrogens (tertiary/aromatic N) is 4. The molecule has 0 spiro atoms. The summed E-state index contributed by atoms with van der Waals surface area (Å²) < 4.78 is 0. The van der Waals surface area contributed by atoms with Crippen LogP contribution < -0.4 is 16.0 Å². The number of pyridine rings is 3. The summed E-state index contributed by atoms with van der Waals surface area (Å²) in [6.07, 6.45) is 6.13. The number of hydrogen-bond donors (Lipinski definition) is 2. The van der Waals surface area contributed by atoms with E-state index in [9.17, 15) is 4.79 Å². The molecule has 0 unspecified atom stereocenters. The van der Waals surface area contributed by atoms with Gasteiger partial charge in [0.2, 0.25) is 5.78 Å². The van der Waals surface area contributed by atoms with Gasteiger partial charge in [0.15, 0.2) is 0 Å². The highest BCUT2D eigenvalue weighted by Crippen LogP contribution is 2.23. The summed E-state index contributed by atoms with van der Waals surface area (Å²) in [4.78, 5) is 28.3. The monoisotopic (exact) mass is 380 g/mol. The number of carbonyl (C=O) groups excluding carboxylic acids is 1. The number of nitrogens with two attached hydrogens (primary N) is 1. The second-order valence-corrected chi connectivity index (χ2v) is 6.70. The number of aromatic nitrogens is 3. The maximum atomic E-state index is 13.1. The van der Waals surface area contributed by atoms with E-state index in [4.69, 9.17) is 5.73 Å².